The zero-order valence-corrected chi connectivity index (χ0v) is 14.7. The number of fused-ring (bicyclic) bond motifs is 1. The first-order valence-corrected chi connectivity index (χ1v) is 8.35. The Balaban J connectivity index is 1.88. The van der Waals surface area contributed by atoms with Crippen molar-refractivity contribution in [2.24, 2.45) is 7.05 Å². The number of carbonyl (C=O) groups is 1. The first-order valence-electron chi connectivity index (χ1n) is 8.35. The second-order valence-electron chi connectivity index (χ2n) is 6.07. The molecular formula is C16H24N6O2. The number of nitrogens with zero attached hydrogens (tertiary/aromatic N) is 6. The molecule has 2 aromatic rings. The first-order chi connectivity index (χ1) is 11.5. The van der Waals surface area contributed by atoms with Crippen molar-refractivity contribution in [1.82, 2.24) is 29.7 Å². The average Bonchev–Trinajstić information content (AvgIpc) is 3.14. The molecule has 1 atom stereocenters. The van der Waals surface area contributed by atoms with Crippen molar-refractivity contribution in [1.29, 1.82) is 0 Å². The zero-order chi connectivity index (χ0) is 17.3. The molecule has 130 valence electrons. The Kier molecular flexibility index (Phi) is 4.66. The van der Waals surface area contributed by atoms with E-state index in [0.717, 1.165) is 17.1 Å². The lowest BCUT2D eigenvalue weighted by atomic mass is 9.98. The maximum Gasteiger partial charge on any atom is 0.272 e. The van der Waals surface area contributed by atoms with Gasteiger partial charge in [-0.15, -0.1) is 5.10 Å². The quantitative estimate of drug-likeness (QED) is 0.820. The van der Waals surface area contributed by atoms with Crippen molar-refractivity contribution >= 4 is 5.91 Å². The van der Waals surface area contributed by atoms with Gasteiger partial charge in [0.2, 0.25) is 0 Å². The minimum absolute atomic E-state index is 0.0183. The highest BCUT2D eigenvalue weighted by atomic mass is 16.5. The van der Waals surface area contributed by atoms with E-state index in [4.69, 9.17) is 4.74 Å². The van der Waals surface area contributed by atoms with Gasteiger partial charge < -0.3 is 9.64 Å². The Morgan fingerprint density at radius 1 is 1.42 bits per heavy atom. The summed E-state index contributed by atoms with van der Waals surface area (Å²) in [7, 11) is 1.89. The lowest BCUT2D eigenvalue weighted by Gasteiger charge is -2.32. The number of aryl methyl sites for hydroxylation is 3. The molecular weight excluding hydrogens is 308 g/mol. The van der Waals surface area contributed by atoms with Crippen molar-refractivity contribution < 1.29 is 9.53 Å². The van der Waals surface area contributed by atoms with Gasteiger partial charge in [0.25, 0.3) is 5.91 Å². The molecule has 1 aliphatic heterocycles. The van der Waals surface area contributed by atoms with E-state index in [9.17, 15) is 4.79 Å². The van der Waals surface area contributed by atoms with Crippen LogP contribution in [-0.4, -0.2) is 55.3 Å². The Bertz CT molecular complexity index is 735. The van der Waals surface area contributed by atoms with E-state index in [-0.39, 0.29) is 11.8 Å². The largest absolute Gasteiger partial charge is 0.381 e. The molecule has 0 saturated carbocycles. The fourth-order valence-electron chi connectivity index (χ4n) is 3.28. The van der Waals surface area contributed by atoms with Crippen molar-refractivity contribution in [3.05, 3.63) is 28.8 Å². The third kappa shape index (κ3) is 2.93. The molecule has 0 N–H and O–H groups in total. The van der Waals surface area contributed by atoms with Gasteiger partial charge in [0.15, 0.2) is 0 Å². The standard InChI is InChI=1S/C16H24N6O2/c1-5-22-14(7-11(3)18-22)16(23)21-8-12(10-24-6-2)15-13(9-21)17-19-20(15)4/h7,12H,5-6,8-10H2,1-4H3/t12-/m1/s1. The van der Waals surface area contributed by atoms with E-state index >= 15 is 0 Å². The summed E-state index contributed by atoms with van der Waals surface area (Å²) in [5.74, 6) is 0.0620. The number of rotatable bonds is 5. The first kappa shape index (κ1) is 16.6. The second-order valence-corrected chi connectivity index (χ2v) is 6.07. The van der Waals surface area contributed by atoms with Crippen LogP contribution < -0.4 is 0 Å². The summed E-state index contributed by atoms with van der Waals surface area (Å²) in [6.07, 6.45) is 0. The molecule has 0 fully saturated rings. The molecule has 8 nitrogen and oxygen atoms in total. The van der Waals surface area contributed by atoms with Crippen LogP contribution in [-0.2, 0) is 24.9 Å². The van der Waals surface area contributed by atoms with Gasteiger partial charge in [-0.3, -0.25) is 14.2 Å². The molecule has 8 heteroatoms. The molecule has 0 aromatic carbocycles. The molecule has 24 heavy (non-hydrogen) atoms. The molecule has 0 bridgehead atoms. The summed E-state index contributed by atoms with van der Waals surface area (Å²) in [5, 5.41) is 12.7. The van der Waals surface area contributed by atoms with Crippen molar-refractivity contribution in [3.8, 4) is 0 Å². The van der Waals surface area contributed by atoms with Gasteiger partial charge >= 0.3 is 0 Å². The van der Waals surface area contributed by atoms with Crippen LogP contribution in [0, 0.1) is 6.92 Å². The number of ether oxygens (including phenoxy) is 1. The predicted octanol–water partition coefficient (Wildman–Crippen LogP) is 1.12. The third-order valence-corrected chi connectivity index (χ3v) is 4.34. The Hall–Kier alpha value is -2.22. The molecule has 0 radical (unpaired) electrons. The van der Waals surface area contributed by atoms with Crippen molar-refractivity contribution in [3.63, 3.8) is 0 Å². The average molecular weight is 332 g/mol. The molecule has 2 aromatic heterocycles. The molecule has 3 heterocycles. The summed E-state index contributed by atoms with van der Waals surface area (Å²) in [5.41, 5.74) is 3.38. The van der Waals surface area contributed by atoms with Crippen molar-refractivity contribution in [2.75, 3.05) is 19.8 Å². The van der Waals surface area contributed by atoms with E-state index < -0.39 is 0 Å². The van der Waals surface area contributed by atoms with Gasteiger partial charge in [-0.05, 0) is 26.8 Å². The monoisotopic (exact) mass is 332 g/mol. The van der Waals surface area contributed by atoms with E-state index in [1.54, 1.807) is 9.36 Å². The smallest absolute Gasteiger partial charge is 0.272 e. The molecule has 0 unspecified atom stereocenters. The number of hydrogen-bond acceptors (Lipinski definition) is 5. The lowest BCUT2D eigenvalue weighted by Crippen LogP contribution is -2.41. The van der Waals surface area contributed by atoms with Crippen LogP contribution in [0.4, 0.5) is 0 Å². The second kappa shape index (κ2) is 6.72. The van der Waals surface area contributed by atoms with Crippen LogP contribution in [0.1, 0.15) is 47.3 Å². The van der Waals surface area contributed by atoms with Crippen molar-refractivity contribution in [2.45, 2.75) is 39.8 Å². The van der Waals surface area contributed by atoms with Crippen LogP contribution >= 0.6 is 0 Å². The molecule has 0 aliphatic carbocycles. The summed E-state index contributed by atoms with van der Waals surface area (Å²) >= 11 is 0. The van der Waals surface area contributed by atoms with Crippen LogP contribution in [0.3, 0.4) is 0 Å². The molecule has 0 saturated heterocycles. The zero-order valence-electron chi connectivity index (χ0n) is 14.7. The summed E-state index contributed by atoms with van der Waals surface area (Å²) in [6.45, 7) is 8.79. The van der Waals surface area contributed by atoms with E-state index in [2.05, 4.69) is 15.4 Å². The Labute approximate surface area is 141 Å². The van der Waals surface area contributed by atoms with Crippen LogP contribution in [0.25, 0.3) is 0 Å². The SMILES string of the molecule is CCOC[C@H]1CN(C(=O)c2cc(C)nn2CC)Cc2nnn(C)c21. The number of aromatic nitrogens is 5. The maximum atomic E-state index is 13.0. The van der Waals surface area contributed by atoms with Gasteiger partial charge in [0, 0.05) is 32.7 Å². The minimum Gasteiger partial charge on any atom is -0.381 e. The minimum atomic E-state index is -0.0183. The fourth-order valence-corrected chi connectivity index (χ4v) is 3.28. The number of amides is 1. The summed E-state index contributed by atoms with van der Waals surface area (Å²) in [4.78, 5) is 14.8. The van der Waals surface area contributed by atoms with Crippen LogP contribution in [0.5, 0.6) is 0 Å². The van der Waals surface area contributed by atoms with Crippen LogP contribution in [0.15, 0.2) is 6.07 Å². The molecule has 1 amide bonds. The molecule has 0 spiro atoms. The van der Waals surface area contributed by atoms with Gasteiger partial charge in [0.1, 0.15) is 11.4 Å². The highest BCUT2D eigenvalue weighted by Crippen LogP contribution is 2.28. The highest BCUT2D eigenvalue weighted by Gasteiger charge is 2.33. The van der Waals surface area contributed by atoms with Gasteiger partial charge in [-0.2, -0.15) is 5.10 Å². The predicted molar refractivity (Wildman–Crippen MR) is 87.6 cm³/mol. The number of hydrogen-bond donors (Lipinski definition) is 0. The van der Waals surface area contributed by atoms with Gasteiger partial charge in [0.05, 0.1) is 24.5 Å². The third-order valence-electron chi connectivity index (χ3n) is 4.34. The fraction of sp³-hybridized carbons (Fsp3) is 0.625. The molecule has 3 rings (SSSR count). The Morgan fingerprint density at radius 3 is 2.92 bits per heavy atom. The maximum absolute atomic E-state index is 13.0. The molecule has 1 aliphatic rings. The van der Waals surface area contributed by atoms with E-state index in [0.29, 0.717) is 38.5 Å². The Morgan fingerprint density at radius 2 is 2.21 bits per heavy atom. The van der Waals surface area contributed by atoms with E-state index in [1.165, 1.54) is 0 Å². The van der Waals surface area contributed by atoms with Gasteiger partial charge in [-0.1, -0.05) is 5.21 Å². The normalized spacial score (nSPS) is 17.2. The van der Waals surface area contributed by atoms with E-state index in [1.807, 2.05) is 38.8 Å². The van der Waals surface area contributed by atoms with Crippen LogP contribution in [0.2, 0.25) is 0 Å². The topological polar surface area (TPSA) is 78.1 Å². The lowest BCUT2D eigenvalue weighted by molar-refractivity contribution is 0.0633. The summed E-state index contributed by atoms with van der Waals surface area (Å²) < 4.78 is 9.16. The van der Waals surface area contributed by atoms with Gasteiger partial charge in [-0.25, -0.2) is 0 Å². The number of carbonyl (C=O) groups excluding carboxylic acids is 1. The summed E-state index contributed by atoms with van der Waals surface area (Å²) in [6, 6.07) is 1.84. The highest BCUT2D eigenvalue weighted by molar-refractivity contribution is 5.92.